The van der Waals surface area contributed by atoms with E-state index in [1.807, 2.05) is 24.3 Å². The van der Waals surface area contributed by atoms with Crippen molar-refractivity contribution in [3.63, 3.8) is 0 Å². The zero-order chi connectivity index (χ0) is 18.5. The van der Waals surface area contributed by atoms with Crippen molar-refractivity contribution in [3.05, 3.63) is 64.7 Å². The highest BCUT2D eigenvalue weighted by Gasteiger charge is 2.25. The molecule has 5 nitrogen and oxygen atoms in total. The van der Waals surface area contributed by atoms with Gasteiger partial charge >= 0.3 is 5.97 Å². The summed E-state index contributed by atoms with van der Waals surface area (Å²) in [5.41, 5.74) is 1.94. The summed E-state index contributed by atoms with van der Waals surface area (Å²) in [6.07, 6.45) is 1.59. The van der Waals surface area contributed by atoms with Crippen LogP contribution in [0.25, 0.3) is 0 Å². The number of piperidine rings is 1. The first-order chi connectivity index (χ1) is 12.5. The third kappa shape index (κ3) is 4.62. The van der Waals surface area contributed by atoms with Gasteiger partial charge in [-0.1, -0.05) is 29.8 Å². The SMILES string of the molecule is O=C(O)c1ccc(NC(=O)C2CCN(Cc3ccccc3Cl)CC2)cc1. The Bertz CT molecular complexity index is 784. The van der Waals surface area contributed by atoms with Gasteiger partial charge in [0.1, 0.15) is 0 Å². The molecule has 0 bridgehead atoms. The van der Waals surface area contributed by atoms with Crippen LogP contribution in [0.3, 0.4) is 0 Å². The molecule has 0 aliphatic carbocycles. The molecule has 3 rings (SSSR count). The van der Waals surface area contributed by atoms with E-state index in [0.717, 1.165) is 43.1 Å². The van der Waals surface area contributed by atoms with Crippen LogP contribution in [-0.4, -0.2) is 35.0 Å². The molecule has 136 valence electrons. The summed E-state index contributed by atoms with van der Waals surface area (Å²) >= 11 is 6.22. The van der Waals surface area contributed by atoms with Gasteiger partial charge in [-0.3, -0.25) is 9.69 Å². The number of hydrogen-bond acceptors (Lipinski definition) is 3. The highest BCUT2D eigenvalue weighted by atomic mass is 35.5. The van der Waals surface area contributed by atoms with Crippen LogP contribution in [0.2, 0.25) is 5.02 Å². The van der Waals surface area contributed by atoms with Crippen LogP contribution in [0.1, 0.15) is 28.8 Å². The number of nitrogens with one attached hydrogen (secondary N) is 1. The van der Waals surface area contributed by atoms with Crippen molar-refractivity contribution >= 4 is 29.2 Å². The van der Waals surface area contributed by atoms with Gasteiger partial charge in [-0.05, 0) is 61.8 Å². The average molecular weight is 373 g/mol. The number of anilines is 1. The van der Waals surface area contributed by atoms with Crippen molar-refractivity contribution in [2.24, 2.45) is 5.92 Å². The molecule has 6 heteroatoms. The minimum atomic E-state index is -0.978. The highest BCUT2D eigenvalue weighted by molar-refractivity contribution is 6.31. The van der Waals surface area contributed by atoms with Gasteiger partial charge in [0.15, 0.2) is 0 Å². The molecule has 1 fully saturated rings. The molecular formula is C20H21ClN2O3. The molecule has 0 saturated carbocycles. The molecule has 1 aliphatic heterocycles. The number of carbonyl (C=O) groups is 2. The molecule has 0 atom stereocenters. The molecule has 26 heavy (non-hydrogen) atoms. The number of likely N-dealkylation sites (tertiary alicyclic amines) is 1. The topological polar surface area (TPSA) is 69.6 Å². The Kier molecular flexibility index (Phi) is 5.91. The third-order valence-corrected chi connectivity index (χ3v) is 5.08. The Morgan fingerprint density at radius 2 is 1.73 bits per heavy atom. The van der Waals surface area contributed by atoms with E-state index in [1.54, 1.807) is 12.1 Å². The van der Waals surface area contributed by atoms with Crippen LogP contribution in [0.15, 0.2) is 48.5 Å². The number of amides is 1. The molecule has 1 heterocycles. The number of benzene rings is 2. The molecule has 0 radical (unpaired) electrons. The maximum absolute atomic E-state index is 12.4. The molecule has 2 aromatic carbocycles. The lowest BCUT2D eigenvalue weighted by molar-refractivity contribution is -0.121. The van der Waals surface area contributed by atoms with Crippen LogP contribution < -0.4 is 5.32 Å². The Morgan fingerprint density at radius 1 is 1.08 bits per heavy atom. The summed E-state index contributed by atoms with van der Waals surface area (Å²) in [6.45, 7) is 2.49. The van der Waals surface area contributed by atoms with Crippen LogP contribution >= 0.6 is 11.6 Å². The largest absolute Gasteiger partial charge is 0.478 e. The van der Waals surface area contributed by atoms with Crippen molar-refractivity contribution in [3.8, 4) is 0 Å². The predicted molar refractivity (Wildman–Crippen MR) is 101 cm³/mol. The summed E-state index contributed by atoms with van der Waals surface area (Å²) in [5.74, 6) is -1.02. The monoisotopic (exact) mass is 372 g/mol. The zero-order valence-electron chi connectivity index (χ0n) is 14.3. The quantitative estimate of drug-likeness (QED) is 0.835. The van der Waals surface area contributed by atoms with Crippen molar-refractivity contribution in [1.29, 1.82) is 0 Å². The summed E-state index contributed by atoms with van der Waals surface area (Å²) in [6, 6.07) is 14.0. The maximum atomic E-state index is 12.4. The Morgan fingerprint density at radius 3 is 2.35 bits per heavy atom. The molecule has 2 aromatic rings. The molecule has 0 aromatic heterocycles. The second kappa shape index (κ2) is 8.34. The summed E-state index contributed by atoms with van der Waals surface area (Å²) in [4.78, 5) is 25.6. The standard InChI is InChI=1S/C20H21ClN2O3/c21-18-4-2-1-3-16(18)13-23-11-9-14(10-12-23)19(24)22-17-7-5-15(6-8-17)20(25)26/h1-8,14H,9-13H2,(H,22,24)(H,25,26). The fourth-order valence-electron chi connectivity index (χ4n) is 3.16. The van der Waals surface area contributed by atoms with E-state index in [4.69, 9.17) is 16.7 Å². The molecule has 0 spiro atoms. The van der Waals surface area contributed by atoms with E-state index in [1.165, 1.54) is 12.1 Å². The van der Waals surface area contributed by atoms with E-state index in [2.05, 4.69) is 10.2 Å². The first-order valence-electron chi connectivity index (χ1n) is 8.63. The lowest BCUT2D eigenvalue weighted by Gasteiger charge is -2.31. The van der Waals surface area contributed by atoms with Gasteiger partial charge in [0.05, 0.1) is 5.56 Å². The van der Waals surface area contributed by atoms with Gasteiger partial charge < -0.3 is 10.4 Å². The fourth-order valence-corrected chi connectivity index (χ4v) is 3.36. The minimum Gasteiger partial charge on any atom is -0.478 e. The zero-order valence-corrected chi connectivity index (χ0v) is 15.1. The van der Waals surface area contributed by atoms with E-state index in [0.29, 0.717) is 5.69 Å². The van der Waals surface area contributed by atoms with Crippen LogP contribution in [0, 0.1) is 5.92 Å². The lowest BCUT2D eigenvalue weighted by Crippen LogP contribution is -2.37. The van der Waals surface area contributed by atoms with Gasteiger partial charge in [0.2, 0.25) is 5.91 Å². The van der Waals surface area contributed by atoms with Gasteiger partial charge in [-0.25, -0.2) is 4.79 Å². The third-order valence-electron chi connectivity index (χ3n) is 4.71. The smallest absolute Gasteiger partial charge is 0.335 e. The van der Waals surface area contributed by atoms with Gasteiger partial charge in [0, 0.05) is 23.2 Å². The fraction of sp³-hybridized carbons (Fsp3) is 0.300. The molecule has 1 saturated heterocycles. The van der Waals surface area contributed by atoms with Gasteiger partial charge in [-0.2, -0.15) is 0 Å². The number of nitrogens with zero attached hydrogens (tertiary/aromatic N) is 1. The van der Waals surface area contributed by atoms with Crippen molar-refractivity contribution < 1.29 is 14.7 Å². The number of carboxylic acids is 1. The Hall–Kier alpha value is -2.37. The van der Waals surface area contributed by atoms with Crippen LogP contribution in [0.4, 0.5) is 5.69 Å². The molecule has 0 unspecified atom stereocenters. The van der Waals surface area contributed by atoms with E-state index in [9.17, 15) is 9.59 Å². The van der Waals surface area contributed by atoms with E-state index in [-0.39, 0.29) is 17.4 Å². The van der Waals surface area contributed by atoms with Crippen LogP contribution in [-0.2, 0) is 11.3 Å². The van der Waals surface area contributed by atoms with E-state index >= 15 is 0 Å². The Balaban J connectivity index is 1.50. The first kappa shape index (κ1) is 18.4. The highest BCUT2D eigenvalue weighted by Crippen LogP contribution is 2.23. The number of hydrogen-bond donors (Lipinski definition) is 2. The summed E-state index contributed by atoms with van der Waals surface area (Å²) in [5, 5.41) is 12.6. The molecular weight excluding hydrogens is 352 g/mol. The lowest BCUT2D eigenvalue weighted by atomic mass is 9.95. The molecule has 1 aliphatic rings. The normalized spacial score (nSPS) is 15.6. The molecule has 2 N–H and O–H groups in total. The maximum Gasteiger partial charge on any atom is 0.335 e. The van der Waals surface area contributed by atoms with E-state index < -0.39 is 5.97 Å². The number of carbonyl (C=O) groups excluding carboxylic acids is 1. The van der Waals surface area contributed by atoms with Crippen molar-refractivity contribution in [2.45, 2.75) is 19.4 Å². The number of halogens is 1. The number of rotatable bonds is 5. The second-order valence-electron chi connectivity index (χ2n) is 6.51. The molecule has 1 amide bonds. The van der Waals surface area contributed by atoms with Gasteiger partial charge in [-0.15, -0.1) is 0 Å². The van der Waals surface area contributed by atoms with Crippen molar-refractivity contribution in [2.75, 3.05) is 18.4 Å². The second-order valence-corrected chi connectivity index (χ2v) is 6.92. The average Bonchev–Trinajstić information content (AvgIpc) is 2.64. The minimum absolute atomic E-state index is 0.00883. The van der Waals surface area contributed by atoms with Gasteiger partial charge in [0.25, 0.3) is 0 Å². The number of aromatic carboxylic acids is 1. The number of carboxylic acid groups (broad SMARTS) is 1. The first-order valence-corrected chi connectivity index (χ1v) is 9.00. The van der Waals surface area contributed by atoms with Crippen molar-refractivity contribution in [1.82, 2.24) is 4.90 Å². The predicted octanol–water partition coefficient (Wildman–Crippen LogP) is 3.89. The Labute approximate surface area is 157 Å². The summed E-state index contributed by atoms with van der Waals surface area (Å²) < 4.78 is 0. The summed E-state index contributed by atoms with van der Waals surface area (Å²) in [7, 11) is 0. The van der Waals surface area contributed by atoms with Crippen LogP contribution in [0.5, 0.6) is 0 Å².